The van der Waals surface area contributed by atoms with Gasteiger partial charge in [-0.1, -0.05) is 6.92 Å². The van der Waals surface area contributed by atoms with Gasteiger partial charge in [-0.15, -0.1) is 0 Å². The van der Waals surface area contributed by atoms with Gasteiger partial charge in [0.15, 0.2) is 0 Å². The summed E-state index contributed by atoms with van der Waals surface area (Å²) in [5.74, 6) is 0.252. The zero-order chi connectivity index (χ0) is 26.7. The summed E-state index contributed by atoms with van der Waals surface area (Å²) in [6.45, 7) is 5.59. The van der Waals surface area contributed by atoms with Crippen molar-refractivity contribution < 1.29 is 34.0 Å². The zero-order valence-corrected chi connectivity index (χ0v) is 22.7. The minimum absolute atomic E-state index is 0.0200. The summed E-state index contributed by atoms with van der Waals surface area (Å²) in [6, 6.07) is 0. The number of rotatable bonds is 14. The van der Waals surface area contributed by atoms with Crippen LogP contribution in [-0.2, 0) is 23.8 Å². The Labute approximate surface area is 216 Å². The van der Waals surface area contributed by atoms with Gasteiger partial charge in [-0.2, -0.15) is 0 Å². The van der Waals surface area contributed by atoms with E-state index in [0.29, 0.717) is 43.9 Å². The number of nitrogens with two attached hydrogens (primary N) is 1. The van der Waals surface area contributed by atoms with Gasteiger partial charge in [0.05, 0.1) is 24.5 Å². The smallest absolute Gasteiger partial charge is 0.302 e. The summed E-state index contributed by atoms with van der Waals surface area (Å²) in [4.78, 5) is 23.5. The molecule has 1 saturated heterocycles. The van der Waals surface area contributed by atoms with E-state index in [0.717, 1.165) is 45.1 Å². The summed E-state index contributed by atoms with van der Waals surface area (Å²) >= 11 is 0. The monoisotopic (exact) mass is 514 g/mol. The van der Waals surface area contributed by atoms with E-state index in [4.69, 9.17) is 19.9 Å². The number of aliphatic hydroxyl groups excluding tert-OH is 2. The van der Waals surface area contributed by atoms with Crippen molar-refractivity contribution in [2.45, 2.75) is 128 Å². The first-order valence-corrected chi connectivity index (χ1v) is 13.8. The van der Waals surface area contributed by atoms with E-state index in [9.17, 15) is 19.8 Å². The molecule has 1 saturated carbocycles. The molecule has 0 aromatic heterocycles. The topological polar surface area (TPSA) is 140 Å². The Morgan fingerprint density at radius 2 is 1.69 bits per heavy atom. The molecule has 9 unspecified atom stereocenters. The third kappa shape index (κ3) is 11.0. The summed E-state index contributed by atoms with van der Waals surface area (Å²) in [5, 5.41) is 24.2. The van der Waals surface area contributed by atoms with Crippen LogP contribution in [0, 0.1) is 17.8 Å². The van der Waals surface area contributed by atoms with Gasteiger partial charge in [0.25, 0.3) is 0 Å². The quantitative estimate of drug-likeness (QED) is 0.257. The fraction of sp³-hybridized carbons (Fsp3) is 0.926. The number of hydrogen-bond acceptors (Lipinski definition) is 9. The first-order valence-electron chi connectivity index (χ1n) is 13.8. The van der Waals surface area contributed by atoms with Crippen LogP contribution in [-0.4, -0.2) is 72.5 Å². The number of piperidine rings is 1. The van der Waals surface area contributed by atoms with Crippen molar-refractivity contribution in [3.05, 3.63) is 0 Å². The number of carbonyl (C=O) groups excluding carboxylic acids is 2. The molecular formula is C27H50N2O7. The Kier molecular flexibility index (Phi) is 13.6. The number of methoxy groups -OCH3 is 1. The summed E-state index contributed by atoms with van der Waals surface area (Å²) < 4.78 is 16.8. The second-order valence-corrected chi connectivity index (χ2v) is 11.0. The second-order valence-electron chi connectivity index (χ2n) is 11.0. The summed E-state index contributed by atoms with van der Waals surface area (Å²) in [6.07, 6.45) is 6.27. The van der Waals surface area contributed by atoms with Gasteiger partial charge >= 0.3 is 11.9 Å². The Morgan fingerprint density at radius 1 is 1.03 bits per heavy atom. The van der Waals surface area contributed by atoms with Gasteiger partial charge < -0.3 is 35.5 Å². The van der Waals surface area contributed by atoms with E-state index in [1.54, 1.807) is 7.11 Å². The first kappa shape index (κ1) is 31.0. The molecule has 9 heteroatoms. The number of carbonyl (C=O) groups is 2. The number of nitrogens with one attached hydrogen (secondary N) is 1. The van der Waals surface area contributed by atoms with E-state index >= 15 is 0 Å². The van der Waals surface area contributed by atoms with Crippen LogP contribution >= 0.6 is 0 Å². The molecular weight excluding hydrogens is 464 g/mol. The molecule has 36 heavy (non-hydrogen) atoms. The van der Waals surface area contributed by atoms with E-state index in [1.165, 1.54) is 13.8 Å². The normalized spacial score (nSPS) is 31.3. The van der Waals surface area contributed by atoms with Crippen LogP contribution in [0.1, 0.15) is 91.4 Å². The molecule has 9 atom stereocenters. The maximum absolute atomic E-state index is 11.8. The van der Waals surface area contributed by atoms with Crippen LogP contribution in [0.25, 0.3) is 0 Å². The molecule has 0 aromatic carbocycles. The molecule has 2 aliphatic rings. The van der Waals surface area contributed by atoms with Crippen molar-refractivity contribution in [3.63, 3.8) is 0 Å². The van der Waals surface area contributed by atoms with Crippen LogP contribution in [0.3, 0.4) is 0 Å². The predicted octanol–water partition coefficient (Wildman–Crippen LogP) is 2.65. The van der Waals surface area contributed by atoms with E-state index in [-0.39, 0.29) is 36.2 Å². The van der Waals surface area contributed by atoms with Crippen LogP contribution in [0.15, 0.2) is 0 Å². The average Bonchev–Trinajstić information content (AvgIpc) is 2.81. The zero-order valence-electron chi connectivity index (χ0n) is 22.7. The molecule has 1 aliphatic heterocycles. The number of hydrogen-bond donors (Lipinski definition) is 4. The Hall–Kier alpha value is -1.26. The Balaban J connectivity index is 1.99. The fourth-order valence-electron chi connectivity index (χ4n) is 6.03. The van der Waals surface area contributed by atoms with Crippen molar-refractivity contribution in [1.82, 2.24) is 5.32 Å². The lowest BCUT2D eigenvalue weighted by atomic mass is 9.71. The van der Waals surface area contributed by atoms with Gasteiger partial charge in [0.1, 0.15) is 12.2 Å². The number of esters is 2. The van der Waals surface area contributed by atoms with E-state index < -0.39 is 18.3 Å². The van der Waals surface area contributed by atoms with Crippen molar-refractivity contribution in [1.29, 1.82) is 0 Å². The highest BCUT2D eigenvalue weighted by Gasteiger charge is 2.38. The van der Waals surface area contributed by atoms with E-state index in [2.05, 4.69) is 5.32 Å². The standard InChI is InChI=1S/C27H50N2O7/c1-5-22(32)7-9-24(36-18(3)31)16-23(35-17(2)30)8-6-19-12-21(27(33)25(14-19)34-4)13-20-10-11-29-26(28)15-20/h19-27,29,32-33H,5-16,28H2,1-4H3. The molecule has 2 fully saturated rings. The molecule has 1 heterocycles. The van der Waals surface area contributed by atoms with Crippen LogP contribution in [0.5, 0.6) is 0 Å². The minimum atomic E-state index is -0.486. The predicted molar refractivity (Wildman–Crippen MR) is 137 cm³/mol. The lowest BCUT2D eigenvalue weighted by molar-refractivity contribution is -0.153. The summed E-state index contributed by atoms with van der Waals surface area (Å²) in [5.41, 5.74) is 6.10. The number of aliphatic hydroxyl groups is 2. The molecule has 210 valence electrons. The van der Waals surface area contributed by atoms with Gasteiger partial charge in [0.2, 0.25) is 0 Å². The highest BCUT2D eigenvalue weighted by atomic mass is 16.6. The van der Waals surface area contributed by atoms with Gasteiger partial charge in [-0.3, -0.25) is 9.59 Å². The maximum atomic E-state index is 11.8. The lowest BCUT2D eigenvalue weighted by Crippen LogP contribution is -2.47. The maximum Gasteiger partial charge on any atom is 0.302 e. The first-order chi connectivity index (χ1) is 17.1. The molecule has 9 nitrogen and oxygen atoms in total. The summed E-state index contributed by atoms with van der Waals surface area (Å²) in [7, 11) is 1.66. The largest absolute Gasteiger partial charge is 0.462 e. The molecule has 5 N–H and O–H groups in total. The highest BCUT2D eigenvalue weighted by molar-refractivity contribution is 5.66. The van der Waals surface area contributed by atoms with Crippen molar-refractivity contribution >= 4 is 11.9 Å². The van der Waals surface area contributed by atoms with Crippen LogP contribution in [0.2, 0.25) is 0 Å². The molecule has 2 rings (SSSR count). The van der Waals surface area contributed by atoms with Gasteiger partial charge in [-0.05, 0) is 88.5 Å². The van der Waals surface area contributed by atoms with Crippen molar-refractivity contribution in [3.8, 4) is 0 Å². The average molecular weight is 515 g/mol. The Morgan fingerprint density at radius 3 is 2.28 bits per heavy atom. The highest BCUT2D eigenvalue weighted by Crippen LogP contribution is 2.39. The number of ether oxygens (including phenoxy) is 3. The minimum Gasteiger partial charge on any atom is -0.462 e. The molecule has 0 spiro atoms. The molecule has 0 aromatic rings. The van der Waals surface area contributed by atoms with E-state index in [1.807, 2.05) is 6.92 Å². The molecule has 1 aliphatic carbocycles. The van der Waals surface area contributed by atoms with Crippen LogP contribution < -0.4 is 11.1 Å². The van der Waals surface area contributed by atoms with Crippen molar-refractivity contribution in [2.75, 3.05) is 13.7 Å². The SMILES string of the molecule is CCC(O)CCC(CC(CCC1CC(CC2CCNC(N)C2)C(O)C(OC)C1)OC(C)=O)OC(C)=O. The Bertz CT molecular complexity index is 664. The van der Waals surface area contributed by atoms with Crippen molar-refractivity contribution in [2.24, 2.45) is 23.5 Å². The third-order valence-corrected chi connectivity index (χ3v) is 7.93. The van der Waals surface area contributed by atoms with Gasteiger partial charge in [-0.25, -0.2) is 0 Å². The molecule has 0 amide bonds. The lowest BCUT2D eigenvalue weighted by Gasteiger charge is -2.41. The third-order valence-electron chi connectivity index (χ3n) is 7.93. The van der Waals surface area contributed by atoms with Crippen LogP contribution in [0.4, 0.5) is 0 Å². The molecule has 0 radical (unpaired) electrons. The fourth-order valence-corrected chi connectivity index (χ4v) is 6.03. The molecule has 0 bridgehead atoms. The van der Waals surface area contributed by atoms with Gasteiger partial charge in [0, 0.05) is 27.4 Å². The second kappa shape index (κ2) is 15.9.